The highest BCUT2D eigenvalue weighted by Crippen LogP contribution is 2.25. The van der Waals surface area contributed by atoms with Gasteiger partial charge in [0.2, 0.25) is 0 Å². The number of halogens is 1. The molecule has 0 radical (unpaired) electrons. The molecule has 0 aliphatic carbocycles. The molecule has 2 aromatic rings. The van der Waals surface area contributed by atoms with Gasteiger partial charge < -0.3 is 5.32 Å². The van der Waals surface area contributed by atoms with Gasteiger partial charge in [-0.05, 0) is 48.9 Å². The Morgan fingerprint density at radius 1 is 1.05 bits per heavy atom. The van der Waals surface area contributed by atoms with Crippen LogP contribution in [-0.2, 0) is 10.0 Å². The average Bonchev–Trinajstić information content (AvgIpc) is 2.44. The normalized spacial score (nSPS) is 11.2. The van der Waals surface area contributed by atoms with Crippen molar-refractivity contribution in [3.05, 3.63) is 53.1 Å². The standard InChI is InChI=1S/C14H15ClN2O2S/c1-10-13(15)4-3-5-14(10)17-20(18,19)12-8-6-11(16-2)7-9-12/h3-9,16-17H,1-2H3. The van der Waals surface area contributed by atoms with E-state index in [0.717, 1.165) is 5.69 Å². The molecule has 0 bridgehead atoms. The molecule has 0 spiro atoms. The molecule has 0 aromatic heterocycles. The molecule has 20 heavy (non-hydrogen) atoms. The zero-order valence-corrected chi connectivity index (χ0v) is 12.7. The third-order valence-electron chi connectivity index (χ3n) is 2.97. The van der Waals surface area contributed by atoms with Gasteiger partial charge in [-0.1, -0.05) is 17.7 Å². The lowest BCUT2D eigenvalue weighted by Gasteiger charge is -2.11. The summed E-state index contributed by atoms with van der Waals surface area (Å²) in [4.78, 5) is 0.205. The summed E-state index contributed by atoms with van der Waals surface area (Å²) < 4.78 is 27.1. The summed E-state index contributed by atoms with van der Waals surface area (Å²) in [6.45, 7) is 1.77. The molecule has 6 heteroatoms. The van der Waals surface area contributed by atoms with E-state index >= 15 is 0 Å². The lowest BCUT2D eigenvalue weighted by molar-refractivity contribution is 0.601. The van der Waals surface area contributed by atoms with Gasteiger partial charge in [0.05, 0.1) is 10.6 Å². The number of nitrogens with one attached hydrogen (secondary N) is 2. The highest BCUT2D eigenvalue weighted by molar-refractivity contribution is 7.92. The Labute approximate surface area is 123 Å². The first-order valence-corrected chi connectivity index (χ1v) is 7.86. The lowest BCUT2D eigenvalue weighted by Crippen LogP contribution is -2.13. The van der Waals surface area contributed by atoms with Crippen LogP contribution in [0.2, 0.25) is 5.02 Å². The van der Waals surface area contributed by atoms with Crippen molar-refractivity contribution in [2.75, 3.05) is 17.1 Å². The van der Waals surface area contributed by atoms with Crippen molar-refractivity contribution >= 4 is 33.0 Å². The van der Waals surface area contributed by atoms with Gasteiger partial charge in [0, 0.05) is 17.8 Å². The molecule has 0 saturated carbocycles. The van der Waals surface area contributed by atoms with Gasteiger partial charge in [0.1, 0.15) is 0 Å². The predicted octanol–water partition coefficient (Wildman–Crippen LogP) is 3.49. The SMILES string of the molecule is CNc1ccc(S(=O)(=O)Nc2cccc(Cl)c2C)cc1. The molecule has 0 heterocycles. The quantitative estimate of drug-likeness (QED) is 0.909. The third kappa shape index (κ3) is 3.05. The van der Waals surface area contributed by atoms with Crippen LogP contribution in [0.4, 0.5) is 11.4 Å². The number of hydrogen-bond donors (Lipinski definition) is 2. The number of benzene rings is 2. The molecule has 106 valence electrons. The minimum Gasteiger partial charge on any atom is -0.388 e. The molecular formula is C14H15ClN2O2S. The molecule has 2 aromatic carbocycles. The Hall–Kier alpha value is -1.72. The molecule has 0 fully saturated rings. The molecule has 2 N–H and O–H groups in total. The minimum absolute atomic E-state index is 0.205. The molecule has 0 aliphatic rings. The summed E-state index contributed by atoms with van der Waals surface area (Å²) in [5.74, 6) is 0. The summed E-state index contributed by atoms with van der Waals surface area (Å²) in [6, 6.07) is 11.6. The Morgan fingerprint density at radius 3 is 2.30 bits per heavy atom. The second kappa shape index (κ2) is 5.73. The van der Waals surface area contributed by atoms with Crippen molar-refractivity contribution in [3.63, 3.8) is 0 Å². The average molecular weight is 311 g/mol. The first kappa shape index (κ1) is 14.7. The monoisotopic (exact) mass is 310 g/mol. The first-order valence-electron chi connectivity index (χ1n) is 6.00. The van der Waals surface area contributed by atoms with Crippen LogP contribution in [0.3, 0.4) is 0 Å². The topological polar surface area (TPSA) is 58.2 Å². The van der Waals surface area contributed by atoms with Gasteiger partial charge in [-0.15, -0.1) is 0 Å². The number of anilines is 2. The Balaban J connectivity index is 2.33. The Kier molecular flexibility index (Phi) is 4.20. The fourth-order valence-corrected chi connectivity index (χ4v) is 3.02. The number of sulfonamides is 1. The van der Waals surface area contributed by atoms with E-state index in [-0.39, 0.29) is 4.90 Å². The Bertz CT molecular complexity index is 712. The van der Waals surface area contributed by atoms with Gasteiger partial charge in [0.25, 0.3) is 10.0 Å². The molecule has 0 atom stereocenters. The second-order valence-corrected chi connectivity index (χ2v) is 6.38. The third-order valence-corrected chi connectivity index (χ3v) is 4.76. The lowest BCUT2D eigenvalue weighted by atomic mass is 10.2. The van der Waals surface area contributed by atoms with Crippen LogP contribution in [0, 0.1) is 6.92 Å². The predicted molar refractivity (Wildman–Crippen MR) is 83.0 cm³/mol. The highest BCUT2D eigenvalue weighted by atomic mass is 35.5. The summed E-state index contributed by atoms with van der Waals surface area (Å²) >= 11 is 5.99. The molecule has 0 unspecified atom stereocenters. The summed E-state index contributed by atoms with van der Waals surface area (Å²) in [7, 11) is -1.84. The van der Waals surface area contributed by atoms with Crippen LogP contribution in [0.25, 0.3) is 0 Å². The van der Waals surface area contributed by atoms with Gasteiger partial charge in [-0.2, -0.15) is 0 Å². The van der Waals surface area contributed by atoms with Crippen LogP contribution in [0.1, 0.15) is 5.56 Å². The first-order chi connectivity index (χ1) is 9.44. The summed E-state index contributed by atoms with van der Waals surface area (Å²) in [5.41, 5.74) is 2.03. The van der Waals surface area contributed by atoms with Crippen molar-refractivity contribution in [3.8, 4) is 0 Å². The van der Waals surface area contributed by atoms with Crippen molar-refractivity contribution in [2.24, 2.45) is 0 Å². The van der Waals surface area contributed by atoms with Crippen LogP contribution in [0.15, 0.2) is 47.4 Å². The largest absolute Gasteiger partial charge is 0.388 e. The van der Waals surface area contributed by atoms with Gasteiger partial charge in [-0.25, -0.2) is 8.42 Å². The van der Waals surface area contributed by atoms with Crippen LogP contribution in [0.5, 0.6) is 0 Å². The zero-order valence-electron chi connectivity index (χ0n) is 11.1. The smallest absolute Gasteiger partial charge is 0.261 e. The van der Waals surface area contributed by atoms with Crippen molar-refractivity contribution in [1.82, 2.24) is 0 Å². The fraction of sp³-hybridized carbons (Fsp3) is 0.143. The molecule has 0 aliphatic heterocycles. The van der Waals surface area contributed by atoms with E-state index in [2.05, 4.69) is 10.0 Å². The molecule has 4 nitrogen and oxygen atoms in total. The minimum atomic E-state index is -3.61. The molecule has 0 saturated heterocycles. The maximum Gasteiger partial charge on any atom is 0.261 e. The molecule has 0 amide bonds. The van der Waals surface area contributed by atoms with Gasteiger partial charge >= 0.3 is 0 Å². The summed E-state index contributed by atoms with van der Waals surface area (Å²) in [5, 5.41) is 3.46. The second-order valence-electron chi connectivity index (χ2n) is 4.29. The maximum atomic E-state index is 12.3. The molecule has 2 rings (SSSR count). The van der Waals surface area contributed by atoms with Crippen molar-refractivity contribution in [2.45, 2.75) is 11.8 Å². The zero-order chi connectivity index (χ0) is 14.8. The fourth-order valence-electron chi connectivity index (χ4n) is 1.72. The van der Waals surface area contributed by atoms with E-state index in [4.69, 9.17) is 11.6 Å². The van der Waals surface area contributed by atoms with E-state index in [1.807, 2.05) is 0 Å². The Morgan fingerprint density at radius 2 is 1.70 bits per heavy atom. The number of rotatable bonds is 4. The maximum absolute atomic E-state index is 12.3. The van der Waals surface area contributed by atoms with E-state index in [0.29, 0.717) is 16.3 Å². The van der Waals surface area contributed by atoms with Gasteiger partial charge in [0.15, 0.2) is 0 Å². The summed E-state index contributed by atoms with van der Waals surface area (Å²) in [6.07, 6.45) is 0. The highest BCUT2D eigenvalue weighted by Gasteiger charge is 2.15. The molecular weight excluding hydrogens is 296 g/mol. The van der Waals surface area contributed by atoms with Gasteiger partial charge in [-0.3, -0.25) is 4.72 Å². The van der Waals surface area contributed by atoms with E-state index in [1.165, 1.54) is 0 Å². The van der Waals surface area contributed by atoms with Crippen molar-refractivity contribution < 1.29 is 8.42 Å². The van der Waals surface area contributed by atoms with E-state index in [9.17, 15) is 8.42 Å². The van der Waals surface area contributed by atoms with Crippen LogP contribution in [-0.4, -0.2) is 15.5 Å². The van der Waals surface area contributed by atoms with Crippen molar-refractivity contribution in [1.29, 1.82) is 0 Å². The van der Waals surface area contributed by atoms with E-state index < -0.39 is 10.0 Å². The number of hydrogen-bond acceptors (Lipinski definition) is 3. The van der Waals surface area contributed by atoms with E-state index in [1.54, 1.807) is 56.4 Å². The van der Waals surface area contributed by atoms with Crippen LogP contribution >= 0.6 is 11.6 Å². The van der Waals surface area contributed by atoms with Crippen LogP contribution < -0.4 is 10.0 Å².